The Hall–Kier alpha value is -1.87. The van der Waals surface area contributed by atoms with Gasteiger partial charge in [-0.25, -0.2) is 4.39 Å². The number of rotatable bonds is 5. The average Bonchev–Trinajstić information content (AvgIpc) is 2.47. The molecule has 110 valence electrons. The van der Waals surface area contributed by atoms with E-state index in [1.807, 2.05) is 19.2 Å². The van der Waals surface area contributed by atoms with Gasteiger partial charge in [-0.15, -0.1) is 0 Å². The molecule has 2 aromatic rings. The van der Waals surface area contributed by atoms with E-state index in [0.29, 0.717) is 18.6 Å². The van der Waals surface area contributed by atoms with E-state index in [-0.39, 0.29) is 5.82 Å². The van der Waals surface area contributed by atoms with Crippen LogP contribution in [0.15, 0.2) is 48.5 Å². The van der Waals surface area contributed by atoms with Gasteiger partial charge in [-0.2, -0.15) is 0 Å². The Bertz CT molecular complexity index is 573. The van der Waals surface area contributed by atoms with Crippen molar-refractivity contribution in [1.82, 2.24) is 5.32 Å². The molecule has 1 fully saturated rings. The minimum Gasteiger partial charge on any atom is -0.489 e. The van der Waals surface area contributed by atoms with Crippen LogP contribution in [0.3, 0.4) is 0 Å². The maximum absolute atomic E-state index is 12.8. The molecule has 3 rings (SSSR count). The first-order valence-corrected chi connectivity index (χ1v) is 7.39. The summed E-state index contributed by atoms with van der Waals surface area (Å²) < 4.78 is 18.5. The zero-order valence-corrected chi connectivity index (χ0v) is 12.2. The maximum atomic E-state index is 12.8. The Morgan fingerprint density at radius 1 is 1.05 bits per heavy atom. The lowest BCUT2D eigenvalue weighted by Gasteiger charge is -2.35. The summed E-state index contributed by atoms with van der Waals surface area (Å²) in [6.07, 6.45) is 2.43. The second-order valence-electron chi connectivity index (χ2n) is 5.64. The summed E-state index contributed by atoms with van der Waals surface area (Å²) >= 11 is 0. The Labute approximate surface area is 125 Å². The number of benzene rings is 2. The van der Waals surface area contributed by atoms with Crippen LogP contribution in [0.1, 0.15) is 29.9 Å². The SMILES string of the molecule is CNC1CC(c2ccc(OCc3ccc(F)cc3)cc2)C1. The Balaban J connectivity index is 1.54. The van der Waals surface area contributed by atoms with Crippen molar-refractivity contribution in [2.45, 2.75) is 31.4 Å². The van der Waals surface area contributed by atoms with Gasteiger partial charge in [0.05, 0.1) is 0 Å². The van der Waals surface area contributed by atoms with Crippen molar-refractivity contribution >= 4 is 0 Å². The minimum atomic E-state index is -0.219. The number of ether oxygens (including phenoxy) is 1. The lowest BCUT2D eigenvalue weighted by molar-refractivity contribution is 0.301. The zero-order chi connectivity index (χ0) is 14.7. The quantitative estimate of drug-likeness (QED) is 0.900. The molecular formula is C18H20FNO. The van der Waals surface area contributed by atoms with E-state index < -0.39 is 0 Å². The van der Waals surface area contributed by atoms with Crippen LogP contribution in [0, 0.1) is 5.82 Å². The average molecular weight is 285 g/mol. The summed E-state index contributed by atoms with van der Waals surface area (Å²) in [6, 6.07) is 15.4. The molecule has 2 nitrogen and oxygen atoms in total. The van der Waals surface area contributed by atoms with Crippen LogP contribution >= 0.6 is 0 Å². The summed E-state index contributed by atoms with van der Waals surface area (Å²) in [7, 11) is 2.02. The molecule has 0 spiro atoms. The summed E-state index contributed by atoms with van der Waals surface area (Å²) in [6.45, 7) is 0.463. The van der Waals surface area contributed by atoms with Crippen molar-refractivity contribution in [2.75, 3.05) is 7.05 Å². The third kappa shape index (κ3) is 3.42. The number of nitrogens with one attached hydrogen (secondary N) is 1. The monoisotopic (exact) mass is 285 g/mol. The van der Waals surface area contributed by atoms with Gasteiger partial charge in [0, 0.05) is 6.04 Å². The van der Waals surface area contributed by atoms with E-state index in [4.69, 9.17) is 4.74 Å². The van der Waals surface area contributed by atoms with Crippen molar-refractivity contribution in [2.24, 2.45) is 0 Å². The number of hydrogen-bond acceptors (Lipinski definition) is 2. The highest BCUT2D eigenvalue weighted by Crippen LogP contribution is 2.37. The molecule has 1 N–H and O–H groups in total. The predicted molar refractivity (Wildman–Crippen MR) is 82.0 cm³/mol. The van der Waals surface area contributed by atoms with Crippen molar-refractivity contribution in [3.05, 3.63) is 65.5 Å². The third-order valence-electron chi connectivity index (χ3n) is 4.22. The maximum Gasteiger partial charge on any atom is 0.123 e. The van der Waals surface area contributed by atoms with E-state index in [1.54, 1.807) is 12.1 Å². The van der Waals surface area contributed by atoms with Gasteiger partial charge in [-0.05, 0) is 61.2 Å². The van der Waals surface area contributed by atoms with E-state index in [0.717, 1.165) is 11.3 Å². The van der Waals surface area contributed by atoms with E-state index in [2.05, 4.69) is 17.4 Å². The first kappa shape index (κ1) is 14.1. The zero-order valence-electron chi connectivity index (χ0n) is 12.2. The highest BCUT2D eigenvalue weighted by atomic mass is 19.1. The van der Waals surface area contributed by atoms with Crippen LogP contribution in [-0.4, -0.2) is 13.1 Å². The second kappa shape index (κ2) is 6.27. The fourth-order valence-electron chi connectivity index (χ4n) is 2.71. The first-order chi connectivity index (χ1) is 10.2. The van der Waals surface area contributed by atoms with Gasteiger partial charge >= 0.3 is 0 Å². The van der Waals surface area contributed by atoms with Gasteiger partial charge in [-0.3, -0.25) is 0 Å². The molecule has 0 radical (unpaired) electrons. The molecule has 0 bridgehead atoms. The van der Waals surface area contributed by atoms with Crippen molar-refractivity contribution in [3.63, 3.8) is 0 Å². The Morgan fingerprint density at radius 3 is 2.33 bits per heavy atom. The fourth-order valence-corrected chi connectivity index (χ4v) is 2.71. The van der Waals surface area contributed by atoms with Crippen LogP contribution in [0.2, 0.25) is 0 Å². The molecule has 0 aromatic heterocycles. The lowest BCUT2D eigenvalue weighted by atomic mass is 9.76. The van der Waals surface area contributed by atoms with Gasteiger partial charge in [0.25, 0.3) is 0 Å². The van der Waals surface area contributed by atoms with Gasteiger partial charge in [-0.1, -0.05) is 24.3 Å². The lowest BCUT2D eigenvalue weighted by Crippen LogP contribution is -2.37. The van der Waals surface area contributed by atoms with Crippen LogP contribution in [0.25, 0.3) is 0 Å². The standard InChI is InChI=1S/C18H20FNO/c1-20-17-10-15(11-17)14-4-8-18(9-5-14)21-12-13-2-6-16(19)7-3-13/h2-9,15,17,20H,10-12H2,1H3. The molecule has 0 amide bonds. The molecule has 0 heterocycles. The molecule has 21 heavy (non-hydrogen) atoms. The molecule has 1 saturated carbocycles. The van der Waals surface area contributed by atoms with Gasteiger partial charge in [0.15, 0.2) is 0 Å². The van der Waals surface area contributed by atoms with E-state index in [1.165, 1.54) is 30.5 Å². The molecule has 0 saturated heterocycles. The Morgan fingerprint density at radius 2 is 1.71 bits per heavy atom. The smallest absolute Gasteiger partial charge is 0.123 e. The molecule has 3 heteroatoms. The number of halogens is 1. The van der Waals surface area contributed by atoms with Gasteiger partial charge in [0.1, 0.15) is 18.2 Å². The second-order valence-corrected chi connectivity index (χ2v) is 5.64. The minimum absolute atomic E-state index is 0.219. The first-order valence-electron chi connectivity index (χ1n) is 7.39. The highest BCUT2D eigenvalue weighted by molar-refractivity contribution is 5.31. The molecule has 0 unspecified atom stereocenters. The summed E-state index contributed by atoms with van der Waals surface area (Å²) in [5.74, 6) is 1.31. The molecular weight excluding hydrogens is 265 g/mol. The molecule has 0 aliphatic heterocycles. The molecule has 0 atom stereocenters. The summed E-state index contributed by atoms with van der Waals surface area (Å²) in [5, 5.41) is 3.30. The normalized spacial score (nSPS) is 20.9. The van der Waals surface area contributed by atoms with Gasteiger partial charge < -0.3 is 10.1 Å². The van der Waals surface area contributed by atoms with Crippen molar-refractivity contribution in [3.8, 4) is 5.75 Å². The van der Waals surface area contributed by atoms with Gasteiger partial charge in [0.2, 0.25) is 0 Å². The molecule has 1 aliphatic rings. The summed E-state index contributed by atoms with van der Waals surface area (Å²) in [4.78, 5) is 0. The molecule has 1 aliphatic carbocycles. The number of hydrogen-bond donors (Lipinski definition) is 1. The van der Waals surface area contributed by atoms with Crippen LogP contribution in [-0.2, 0) is 6.61 Å². The van der Waals surface area contributed by atoms with Crippen LogP contribution in [0.5, 0.6) is 5.75 Å². The summed E-state index contributed by atoms with van der Waals surface area (Å²) in [5.41, 5.74) is 2.35. The van der Waals surface area contributed by atoms with Crippen molar-refractivity contribution < 1.29 is 9.13 Å². The predicted octanol–water partition coefficient (Wildman–Crippen LogP) is 3.87. The van der Waals surface area contributed by atoms with Crippen LogP contribution < -0.4 is 10.1 Å². The van der Waals surface area contributed by atoms with Crippen molar-refractivity contribution in [1.29, 1.82) is 0 Å². The highest BCUT2D eigenvalue weighted by Gasteiger charge is 2.28. The van der Waals surface area contributed by atoms with Crippen LogP contribution in [0.4, 0.5) is 4.39 Å². The van der Waals surface area contributed by atoms with E-state index in [9.17, 15) is 4.39 Å². The topological polar surface area (TPSA) is 21.3 Å². The Kier molecular flexibility index (Phi) is 4.20. The largest absolute Gasteiger partial charge is 0.489 e. The van der Waals surface area contributed by atoms with E-state index >= 15 is 0 Å². The molecule has 2 aromatic carbocycles. The third-order valence-corrected chi connectivity index (χ3v) is 4.22. The fraction of sp³-hybridized carbons (Fsp3) is 0.333.